The largest absolute Gasteiger partial charge is 0.364 e. The molecule has 1 saturated carbocycles. The third kappa shape index (κ3) is 1.82. The molecular weight excluding hydrogens is 452 g/mol. The number of carbonyl (C=O) groups is 1. The molecule has 1 aromatic heterocycles. The van der Waals surface area contributed by atoms with Crippen molar-refractivity contribution in [1.29, 1.82) is 0 Å². The molecule has 2 bridgehead atoms. The Morgan fingerprint density at radius 2 is 2.19 bits per heavy atom. The van der Waals surface area contributed by atoms with Crippen molar-refractivity contribution in [1.82, 2.24) is 9.55 Å². The number of hydrogen-bond acceptors (Lipinski definition) is 2. The molecule has 1 amide bonds. The smallest absolute Gasteiger partial charge is 0.270 e. The van der Waals surface area contributed by atoms with Crippen LogP contribution in [0, 0.1) is 9.52 Å². The number of rotatable bonds is 1. The molecule has 3 heterocycles. The van der Waals surface area contributed by atoms with Crippen LogP contribution < -0.4 is 5.73 Å². The SMILES string of the molecule is NC(=O)c1nc2n(c1I)C1CC(C1)c1cc(F)c(Br)cc1-2. The summed E-state index contributed by atoms with van der Waals surface area (Å²) >= 11 is 5.35. The summed E-state index contributed by atoms with van der Waals surface area (Å²) in [4.78, 5) is 16.0. The molecule has 21 heavy (non-hydrogen) atoms. The maximum atomic E-state index is 13.9. The third-order valence-corrected chi connectivity index (χ3v) is 5.98. The zero-order valence-corrected chi connectivity index (χ0v) is 14.5. The van der Waals surface area contributed by atoms with E-state index in [1.54, 1.807) is 12.1 Å². The van der Waals surface area contributed by atoms with Gasteiger partial charge in [0, 0.05) is 11.6 Å². The maximum absolute atomic E-state index is 13.9. The van der Waals surface area contributed by atoms with Gasteiger partial charge >= 0.3 is 0 Å². The van der Waals surface area contributed by atoms with Gasteiger partial charge in [-0.1, -0.05) is 0 Å². The van der Waals surface area contributed by atoms with Crippen molar-refractivity contribution in [2.75, 3.05) is 0 Å². The molecule has 2 N–H and O–H groups in total. The van der Waals surface area contributed by atoms with Crippen LogP contribution >= 0.6 is 38.5 Å². The topological polar surface area (TPSA) is 60.9 Å². The van der Waals surface area contributed by atoms with Crippen molar-refractivity contribution >= 4 is 44.4 Å². The number of carbonyl (C=O) groups excluding carboxylic acids is 1. The van der Waals surface area contributed by atoms with E-state index in [4.69, 9.17) is 5.73 Å². The van der Waals surface area contributed by atoms with Gasteiger partial charge in [-0.05, 0) is 75.0 Å². The Morgan fingerprint density at radius 3 is 2.86 bits per heavy atom. The summed E-state index contributed by atoms with van der Waals surface area (Å²) < 4.78 is 17.1. The van der Waals surface area contributed by atoms with Crippen LogP contribution in [0.15, 0.2) is 16.6 Å². The fraction of sp³-hybridized carbons (Fsp3) is 0.286. The first-order chi connectivity index (χ1) is 9.97. The molecule has 3 aliphatic rings. The highest BCUT2D eigenvalue weighted by Gasteiger charge is 2.41. The van der Waals surface area contributed by atoms with Gasteiger partial charge in [0.15, 0.2) is 5.69 Å². The first-order valence-corrected chi connectivity index (χ1v) is 8.41. The summed E-state index contributed by atoms with van der Waals surface area (Å²) in [6.07, 6.45) is 1.90. The van der Waals surface area contributed by atoms with E-state index in [9.17, 15) is 9.18 Å². The molecule has 2 aliphatic heterocycles. The molecule has 108 valence electrons. The van der Waals surface area contributed by atoms with E-state index in [2.05, 4.69) is 48.1 Å². The Labute approximate surface area is 142 Å². The first-order valence-electron chi connectivity index (χ1n) is 6.54. The number of halogens is 3. The Hall–Kier alpha value is -0.960. The van der Waals surface area contributed by atoms with Gasteiger partial charge in [0.1, 0.15) is 15.3 Å². The van der Waals surface area contributed by atoms with Crippen molar-refractivity contribution in [2.24, 2.45) is 5.73 Å². The summed E-state index contributed by atoms with van der Waals surface area (Å²) in [5.41, 5.74) is 7.57. The maximum Gasteiger partial charge on any atom is 0.270 e. The summed E-state index contributed by atoms with van der Waals surface area (Å²) in [6, 6.07) is 3.65. The van der Waals surface area contributed by atoms with Gasteiger partial charge in [0.05, 0.1) is 4.47 Å². The van der Waals surface area contributed by atoms with Crippen molar-refractivity contribution in [3.8, 4) is 11.4 Å². The highest BCUT2D eigenvalue weighted by atomic mass is 127. The number of nitrogens with two attached hydrogens (primary N) is 1. The van der Waals surface area contributed by atoms with E-state index >= 15 is 0 Å². The number of imidazole rings is 1. The molecule has 1 aliphatic carbocycles. The molecule has 1 aromatic carbocycles. The van der Waals surface area contributed by atoms with Crippen LogP contribution in [0.3, 0.4) is 0 Å². The highest BCUT2D eigenvalue weighted by molar-refractivity contribution is 14.1. The number of nitrogens with zero attached hydrogens (tertiary/aromatic N) is 2. The van der Waals surface area contributed by atoms with Crippen LogP contribution in [0.1, 0.15) is 40.9 Å². The van der Waals surface area contributed by atoms with Crippen molar-refractivity contribution < 1.29 is 9.18 Å². The molecule has 4 nitrogen and oxygen atoms in total. The van der Waals surface area contributed by atoms with Crippen LogP contribution in [-0.4, -0.2) is 15.5 Å². The predicted molar refractivity (Wildman–Crippen MR) is 87.6 cm³/mol. The van der Waals surface area contributed by atoms with Gasteiger partial charge in [-0.3, -0.25) is 4.79 Å². The monoisotopic (exact) mass is 461 g/mol. The van der Waals surface area contributed by atoms with Crippen molar-refractivity contribution in [2.45, 2.75) is 24.8 Å². The summed E-state index contributed by atoms with van der Waals surface area (Å²) in [7, 11) is 0. The molecule has 0 atom stereocenters. The number of benzene rings is 1. The van der Waals surface area contributed by atoms with Crippen LogP contribution in [0.4, 0.5) is 4.39 Å². The zero-order valence-electron chi connectivity index (χ0n) is 10.7. The van der Waals surface area contributed by atoms with Crippen molar-refractivity contribution in [3.05, 3.63) is 37.4 Å². The Balaban J connectivity index is 2.05. The molecule has 0 unspecified atom stereocenters. The lowest BCUT2D eigenvalue weighted by Gasteiger charge is -2.34. The molecule has 5 rings (SSSR count). The van der Waals surface area contributed by atoms with E-state index in [1.807, 2.05) is 0 Å². The van der Waals surface area contributed by atoms with Gasteiger partial charge in [0.2, 0.25) is 0 Å². The minimum Gasteiger partial charge on any atom is -0.364 e. The van der Waals surface area contributed by atoms with E-state index in [0.29, 0.717) is 28.0 Å². The van der Waals surface area contributed by atoms with Crippen LogP contribution in [0.5, 0.6) is 0 Å². The van der Waals surface area contributed by atoms with Gasteiger partial charge < -0.3 is 10.3 Å². The molecular formula is C14H10BrFIN3O. The van der Waals surface area contributed by atoms with E-state index < -0.39 is 5.91 Å². The van der Waals surface area contributed by atoms with Gasteiger partial charge in [-0.25, -0.2) is 9.37 Å². The quantitative estimate of drug-likeness (QED) is 0.660. The summed E-state index contributed by atoms with van der Waals surface area (Å²) in [5, 5.41) is 0. The minimum absolute atomic E-state index is 0.262. The van der Waals surface area contributed by atoms with Gasteiger partial charge in [0.25, 0.3) is 5.91 Å². The number of hydrogen-bond donors (Lipinski definition) is 1. The fourth-order valence-corrected chi connectivity index (χ4v) is 4.59. The Bertz CT molecular complexity index is 798. The lowest BCUT2D eigenvalue weighted by atomic mass is 9.76. The standard InChI is InChI=1S/C14H10BrFIN3O/c15-9-3-8-7(4-10(9)16)5-1-6(2-5)20-12(17)11(13(18)21)19-14(8)20/h3-6H,1-2H2,(H2,18,21). The molecule has 2 aromatic rings. The third-order valence-electron chi connectivity index (χ3n) is 4.34. The van der Waals surface area contributed by atoms with Crippen molar-refractivity contribution in [3.63, 3.8) is 0 Å². The van der Waals surface area contributed by atoms with Crippen LogP contribution in [-0.2, 0) is 0 Å². The molecule has 0 saturated heterocycles. The van der Waals surface area contributed by atoms with E-state index in [-0.39, 0.29) is 5.82 Å². The summed E-state index contributed by atoms with van der Waals surface area (Å²) in [6.45, 7) is 0. The number of primary amides is 1. The molecule has 1 fully saturated rings. The molecule has 0 radical (unpaired) electrons. The van der Waals surface area contributed by atoms with E-state index in [1.165, 1.54) is 0 Å². The van der Waals surface area contributed by atoms with Gasteiger partial charge in [-0.15, -0.1) is 0 Å². The fourth-order valence-electron chi connectivity index (χ4n) is 3.24. The first kappa shape index (κ1) is 13.7. The van der Waals surface area contributed by atoms with Crippen LogP contribution in [0.2, 0.25) is 0 Å². The lowest BCUT2D eigenvalue weighted by molar-refractivity contribution is 0.0994. The second-order valence-corrected chi connectivity index (χ2v) is 7.36. The number of amides is 1. The molecule has 7 heteroatoms. The molecule has 0 spiro atoms. The van der Waals surface area contributed by atoms with Crippen LogP contribution in [0.25, 0.3) is 11.4 Å². The zero-order chi connectivity index (χ0) is 14.9. The normalized spacial score (nSPS) is 22.0. The minimum atomic E-state index is -0.529. The van der Waals surface area contributed by atoms with Gasteiger partial charge in [-0.2, -0.15) is 0 Å². The predicted octanol–water partition coefficient (Wildman–Crippen LogP) is 3.59. The summed E-state index contributed by atoms with van der Waals surface area (Å²) in [5.74, 6) is 0.289. The number of aromatic nitrogens is 2. The highest BCUT2D eigenvalue weighted by Crippen LogP contribution is 2.53. The second-order valence-electron chi connectivity index (χ2n) is 5.48. The van der Waals surface area contributed by atoms with E-state index in [0.717, 1.165) is 27.7 Å². The second kappa shape index (κ2) is 4.52. The average molecular weight is 462 g/mol. The lowest BCUT2D eigenvalue weighted by Crippen LogP contribution is -2.24. The Kier molecular flexibility index (Phi) is 2.94. The average Bonchev–Trinajstić information content (AvgIpc) is 2.57. The Morgan fingerprint density at radius 1 is 1.48 bits per heavy atom.